The summed E-state index contributed by atoms with van der Waals surface area (Å²) in [7, 11) is -4.11. The van der Waals surface area contributed by atoms with E-state index in [4.69, 9.17) is 4.74 Å². The Bertz CT molecular complexity index is 768. The number of ether oxygens (including phenoxy) is 1. The van der Waals surface area contributed by atoms with Gasteiger partial charge in [-0.2, -0.15) is 21.6 Å². The molecule has 2 aromatic carbocycles. The van der Waals surface area contributed by atoms with Crippen molar-refractivity contribution in [2.45, 2.75) is 11.9 Å². The summed E-state index contributed by atoms with van der Waals surface area (Å²) in [4.78, 5) is 0. The molecule has 2 rings (SSSR count). The zero-order chi connectivity index (χ0) is 17.1. The highest BCUT2D eigenvalue weighted by Crippen LogP contribution is 2.27. The van der Waals surface area contributed by atoms with E-state index in [9.17, 15) is 21.6 Å². The van der Waals surface area contributed by atoms with Crippen LogP contribution in [0.25, 0.3) is 0 Å². The van der Waals surface area contributed by atoms with Gasteiger partial charge in [-0.3, -0.25) is 0 Å². The SMILES string of the molecule is COc1ccccc1Cc1ccc(OS(=O)(=O)C(F)(F)F)cc1. The molecule has 0 saturated heterocycles. The third kappa shape index (κ3) is 4.16. The van der Waals surface area contributed by atoms with Gasteiger partial charge in [0.1, 0.15) is 11.5 Å². The maximum Gasteiger partial charge on any atom is 0.534 e. The molecule has 0 aliphatic carbocycles. The molecule has 4 nitrogen and oxygen atoms in total. The smallest absolute Gasteiger partial charge is 0.496 e. The van der Waals surface area contributed by atoms with E-state index in [2.05, 4.69) is 4.18 Å². The second-order valence-corrected chi connectivity index (χ2v) is 6.15. The molecule has 0 heterocycles. The van der Waals surface area contributed by atoms with E-state index in [1.165, 1.54) is 31.4 Å². The maximum absolute atomic E-state index is 12.2. The molecule has 0 spiro atoms. The normalized spacial score (nSPS) is 12.0. The predicted octanol–water partition coefficient (Wildman–Crippen LogP) is 3.51. The lowest BCUT2D eigenvalue weighted by molar-refractivity contribution is -0.0500. The highest BCUT2D eigenvalue weighted by molar-refractivity contribution is 7.87. The summed E-state index contributed by atoms with van der Waals surface area (Å²) in [6.45, 7) is 0. The minimum atomic E-state index is -5.65. The number of alkyl halides is 3. The van der Waals surface area contributed by atoms with Crippen molar-refractivity contribution in [3.05, 3.63) is 59.7 Å². The molecule has 0 atom stereocenters. The number of halogens is 3. The van der Waals surface area contributed by atoms with Crippen LogP contribution in [0, 0.1) is 0 Å². The highest BCUT2D eigenvalue weighted by Gasteiger charge is 2.48. The number of hydrogen-bond donors (Lipinski definition) is 0. The van der Waals surface area contributed by atoms with E-state index in [0.717, 1.165) is 11.1 Å². The van der Waals surface area contributed by atoms with Crippen molar-refractivity contribution in [2.75, 3.05) is 7.11 Å². The summed E-state index contributed by atoms with van der Waals surface area (Å²) in [6.07, 6.45) is 0.482. The molecule has 23 heavy (non-hydrogen) atoms. The molecule has 0 saturated carbocycles. The molecule has 0 unspecified atom stereocenters. The summed E-state index contributed by atoms with van der Waals surface area (Å²) in [6, 6.07) is 12.6. The zero-order valence-electron chi connectivity index (χ0n) is 12.0. The van der Waals surface area contributed by atoms with Crippen LogP contribution in [0.4, 0.5) is 13.2 Å². The van der Waals surface area contributed by atoms with Crippen molar-refractivity contribution in [3.8, 4) is 11.5 Å². The Morgan fingerprint density at radius 1 is 1.00 bits per heavy atom. The van der Waals surface area contributed by atoms with Gasteiger partial charge in [0.2, 0.25) is 0 Å². The van der Waals surface area contributed by atoms with Crippen LogP contribution in [0.1, 0.15) is 11.1 Å². The Kier molecular flexibility index (Phi) is 4.84. The van der Waals surface area contributed by atoms with Crippen molar-refractivity contribution < 1.29 is 30.5 Å². The molecule has 0 aliphatic heterocycles. The Balaban J connectivity index is 2.14. The standard InChI is InChI=1S/C15H13F3O4S/c1-21-14-5-3-2-4-12(14)10-11-6-8-13(9-7-11)22-23(19,20)15(16,17)18/h2-9H,10H2,1H3. The fourth-order valence-corrected chi connectivity index (χ4v) is 2.36. The molecule has 0 amide bonds. The first-order chi connectivity index (χ1) is 10.7. The lowest BCUT2D eigenvalue weighted by Gasteiger charge is -2.10. The largest absolute Gasteiger partial charge is 0.534 e. The van der Waals surface area contributed by atoms with Gasteiger partial charge >= 0.3 is 15.6 Å². The molecule has 0 bridgehead atoms. The van der Waals surface area contributed by atoms with Crippen LogP contribution in [-0.2, 0) is 16.5 Å². The average molecular weight is 346 g/mol. The second-order valence-electron chi connectivity index (χ2n) is 4.62. The van der Waals surface area contributed by atoms with Crippen LogP contribution < -0.4 is 8.92 Å². The van der Waals surface area contributed by atoms with Crippen LogP contribution in [0.3, 0.4) is 0 Å². The first-order valence-corrected chi connectivity index (χ1v) is 7.85. The number of benzene rings is 2. The van der Waals surface area contributed by atoms with E-state index in [1.807, 2.05) is 18.2 Å². The molecule has 0 aliphatic rings. The lowest BCUT2D eigenvalue weighted by Crippen LogP contribution is -2.28. The summed E-state index contributed by atoms with van der Waals surface area (Å²) in [5.74, 6) is 0.290. The molecule has 0 fully saturated rings. The Hall–Kier alpha value is -2.22. The summed E-state index contributed by atoms with van der Waals surface area (Å²) >= 11 is 0. The van der Waals surface area contributed by atoms with E-state index in [1.54, 1.807) is 6.07 Å². The minimum absolute atomic E-state index is 0.397. The van der Waals surface area contributed by atoms with Gasteiger partial charge in [-0.15, -0.1) is 0 Å². The van der Waals surface area contributed by atoms with Crippen molar-refractivity contribution in [3.63, 3.8) is 0 Å². The summed E-state index contributed by atoms with van der Waals surface area (Å²) in [5.41, 5.74) is -3.79. The van der Waals surface area contributed by atoms with Crippen molar-refractivity contribution in [1.29, 1.82) is 0 Å². The van der Waals surface area contributed by atoms with E-state index >= 15 is 0 Å². The van der Waals surface area contributed by atoms with E-state index < -0.39 is 21.4 Å². The lowest BCUT2D eigenvalue weighted by atomic mass is 10.0. The van der Waals surface area contributed by atoms with Crippen molar-refractivity contribution >= 4 is 10.1 Å². The van der Waals surface area contributed by atoms with Crippen molar-refractivity contribution in [2.24, 2.45) is 0 Å². The zero-order valence-corrected chi connectivity index (χ0v) is 12.8. The third-order valence-electron chi connectivity index (χ3n) is 3.00. The Morgan fingerprint density at radius 2 is 1.61 bits per heavy atom. The average Bonchev–Trinajstić information content (AvgIpc) is 2.48. The van der Waals surface area contributed by atoms with Gasteiger partial charge in [-0.1, -0.05) is 30.3 Å². The summed E-state index contributed by atoms with van der Waals surface area (Å²) in [5, 5.41) is 0. The molecule has 0 aromatic heterocycles. The van der Waals surface area contributed by atoms with Gasteiger partial charge in [0.15, 0.2) is 0 Å². The number of hydrogen-bond acceptors (Lipinski definition) is 4. The van der Waals surface area contributed by atoms with Gasteiger partial charge in [0, 0.05) is 6.42 Å². The molecule has 8 heteroatoms. The first-order valence-electron chi connectivity index (χ1n) is 6.44. The minimum Gasteiger partial charge on any atom is -0.496 e. The number of para-hydroxylation sites is 1. The fourth-order valence-electron chi connectivity index (χ4n) is 1.91. The van der Waals surface area contributed by atoms with Gasteiger partial charge in [-0.05, 0) is 29.3 Å². The van der Waals surface area contributed by atoms with Crippen LogP contribution in [0.15, 0.2) is 48.5 Å². The quantitative estimate of drug-likeness (QED) is 0.614. The highest BCUT2D eigenvalue weighted by atomic mass is 32.2. The number of rotatable bonds is 5. The van der Waals surface area contributed by atoms with Crippen LogP contribution in [0.2, 0.25) is 0 Å². The van der Waals surface area contributed by atoms with Crippen molar-refractivity contribution in [1.82, 2.24) is 0 Å². The topological polar surface area (TPSA) is 52.6 Å². The molecule has 0 N–H and O–H groups in total. The van der Waals surface area contributed by atoms with Crippen LogP contribution in [0.5, 0.6) is 11.5 Å². The number of methoxy groups -OCH3 is 1. The molecule has 0 radical (unpaired) electrons. The molecular weight excluding hydrogens is 333 g/mol. The van der Waals surface area contributed by atoms with E-state index in [-0.39, 0.29) is 0 Å². The van der Waals surface area contributed by atoms with E-state index in [0.29, 0.717) is 12.2 Å². The maximum atomic E-state index is 12.2. The second kappa shape index (κ2) is 6.49. The Labute approximate surface area is 131 Å². The fraction of sp³-hybridized carbons (Fsp3) is 0.200. The molecule has 124 valence electrons. The predicted molar refractivity (Wildman–Crippen MR) is 77.8 cm³/mol. The van der Waals surface area contributed by atoms with Gasteiger partial charge in [0.05, 0.1) is 7.11 Å². The van der Waals surface area contributed by atoms with Crippen LogP contribution in [-0.4, -0.2) is 21.0 Å². The van der Waals surface area contributed by atoms with Crippen LogP contribution >= 0.6 is 0 Å². The monoisotopic (exact) mass is 346 g/mol. The molecular formula is C15H13F3O4S. The summed E-state index contributed by atoms with van der Waals surface area (Å²) < 4.78 is 67.8. The van der Waals surface area contributed by atoms with Gasteiger partial charge in [-0.25, -0.2) is 0 Å². The first kappa shape index (κ1) is 17.1. The Morgan fingerprint density at radius 3 is 2.17 bits per heavy atom. The molecule has 2 aromatic rings. The third-order valence-corrected chi connectivity index (χ3v) is 3.98. The van der Waals surface area contributed by atoms with Gasteiger partial charge < -0.3 is 8.92 Å². The van der Waals surface area contributed by atoms with Gasteiger partial charge in [0.25, 0.3) is 0 Å².